The molecule has 0 spiro atoms. The third-order valence-electron chi connectivity index (χ3n) is 1.87. The van der Waals surface area contributed by atoms with Crippen LogP contribution in [0.1, 0.15) is 20.3 Å². The van der Waals surface area contributed by atoms with Crippen LogP contribution < -0.4 is 5.32 Å². The highest BCUT2D eigenvalue weighted by atomic mass is 32.2. The molecule has 0 saturated heterocycles. The molecule has 0 aromatic heterocycles. The first-order chi connectivity index (χ1) is 6.05. The van der Waals surface area contributed by atoms with Gasteiger partial charge in [0.15, 0.2) is 9.84 Å². The molecular formula is C8H19NO3S. The minimum Gasteiger partial charge on any atom is -0.396 e. The standard InChI is InChI=1S/C8H19NO3S/c1-3-9-8(5-6-10)7-13(11,12)4-2/h8-10H,3-7H2,1-2H3. The molecule has 0 amide bonds. The van der Waals surface area contributed by atoms with Crippen molar-refractivity contribution in [3.8, 4) is 0 Å². The molecule has 5 heteroatoms. The monoisotopic (exact) mass is 209 g/mol. The Kier molecular flexibility index (Phi) is 6.28. The maximum atomic E-state index is 11.2. The van der Waals surface area contributed by atoms with Gasteiger partial charge >= 0.3 is 0 Å². The van der Waals surface area contributed by atoms with E-state index >= 15 is 0 Å². The third-order valence-corrected chi connectivity index (χ3v) is 3.66. The second kappa shape index (κ2) is 6.34. The summed E-state index contributed by atoms with van der Waals surface area (Å²) in [5, 5.41) is 11.7. The Labute approximate surface area is 80.3 Å². The molecule has 0 aliphatic carbocycles. The summed E-state index contributed by atoms with van der Waals surface area (Å²) in [4.78, 5) is 0. The lowest BCUT2D eigenvalue weighted by molar-refractivity contribution is 0.270. The summed E-state index contributed by atoms with van der Waals surface area (Å²) < 4.78 is 22.5. The van der Waals surface area contributed by atoms with Crippen LogP contribution in [0, 0.1) is 0 Å². The lowest BCUT2D eigenvalue weighted by Gasteiger charge is -2.15. The van der Waals surface area contributed by atoms with E-state index in [4.69, 9.17) is 5.11 Å². The van der Waals surface area contributed by atoms with Crippen molar-refractivity contribution >= 4 is 9.84 Å². The van der Waals surface area contributed by atoms with Gasteiger partial charge in [0, 0.05) is 18.4 Å². The van der Waals surface area contributed by atoms with E-state index in [0.717, 1.165) is 6.54 Å². The Bertz CT molecular complexity index is 207. The van der Waals surface area contributed by atoms with Gasteiger partial charge in [0.25, 0.3) is 0 Å². The number of aliphatic hydroxyl groups excluding tert-OH is 1. The minimum atomic E-state index is -2.94. The van der Waals surface area contributed by atoms with Crippen molar-refractivity contribution in [3.63, 3.8) is 0 Å². The van der Waals surface area contributed by atoms with Crippen molar-refractivity contribution in [2.24, 2.45) is 0 Å². The highest BCUT2D eigenvalue weighted by molar-refractivity contribution is 7.91. The quantitative estimate of drug-likeness (QED) is 0.608. The first kappa shape index (κ1) is 12.9. The van der Waals surface area contributed by atoms with Crippen LogP contribution in [-0.4, -0.2) is 44.2 Å². The number of rotatable bonds is 7. The topological polar surface area (TPSA) is 66.4 Å². The SMILES string of the molecule is CCNC(CCO)CS(=O)(=O)CC. The van der Waals surface area contributed by atoms with Crippen LogP contribution in [0.2, 0.25) is 0 Å². The summed E-state index contributed by atoms with van der Waals surface area (Å²) in [6.45, 7) is 4.31. The van der Waals surface area contributed by atoms with E-state index in [9.17, 15) is 8.42 Å². The normalized spacial score (nSPS) is 14.4. The van der Waals surface area contributed by atoms with Crippen LogP contribution >= 0.6 is 0 Å². The van der Waals surface area contributed by atoms with E-state index in [1.165, 1.54) is 0 Å². The average molecular weight is 209 g/mol. The Morgan fingerprint density at radius 2 is 2.00 bits per heavy atom. The molecule has 0 heterocycles. The van der Waals surface area contributed by atoms with Gasteiger partial charge in [-0.05, 0) is 13.0 Å². The molecule has 1 atom stereocenters. The summed E-state index contributed by atoms with van der Waals surface area (Å²) in [5.74, 6) is 0.290. The maximum Gasteiger partial charge on any atom is 0.151 e. The van der Waals surface area contributed by atoms with Crippen molar-refractivity contribution in [1.82, 2.24) is 5.32 Å². The van der Waals surface area contributed by atoms with Crippen LogP contribution in [-0.2, 0) is 9.84 Å². The molecule has 0 aliphatic rings. The zero-order valence-corrected chi connectivity index (χ0v) is 9.10. The molecule has 0 saturated carbocycles. The van der Waals surface area contributed by atoms with Crippen molar-refractivity contribution in [2.75, 3.05) is 24.7 Å². The maximum absolute atomic E-state index is 11.2. The Morgan fingerprint density at radius 3 is 2.38 bits per heavy atom. The molecule has 0 aromatic carbocycles. The lowest BCUT2D eigenvalue weighted by atomic mass is 10.2. The number of hydrogen-bond donors (Lipinski definition) is 2. The Hall–Kier alpha value is -0.130. The van der Waals surface area contributed by atoms with E-state index in [-0.39, 0.29) is 24.2 Å². The van der Waals surface area contributed by atoms with Gasteiger partial charge in [-0.3, -0.25) is 0 Å². The van der Waals surface area contributed by atoms with Crippen molar-refractivity contribution in [2.45, 2.75) is 26.3 Å². The molecule has 0 bridgehead atoms. The predicted octanol–water partition coefficient (Wildman–Crippen LogP) is -0.218. The molecule has 0 aromatic rings. The zero-order valence-electron chi connectivity index (χ0n) is 8.28. The van der Waals surface area contributed by atoms with E-state index in [1.807, 2.05) is 6.92 Å². The third kappa shape index (κ3) is 6.01. The summed E-state index contributed by atoms with van der Waals surface area (Å²) in [6, 6.07) is -0.111. The van der Waals surface area contributed by atoms with Gasteiger partial charge in [-0.1, -0.05) is 13.8 Å². The highest BCUT2D eigenvalue weighted by Crippen LogP contribution is 1.98. The molecule has 0 aliphatic heterocycles. The van der Waals surface area contributed by atoms with Gasteiger partial charge in [-0.2, -0.15) is 0 Å². The molecule has 2 N–H and O–H groups in total. The van der Waals surface area contributed by atoms with E-state index in [1.54, 1.807) is 6.92 Å². The van der Waals surface area contributed by atoms with Crippen LogP contribution in [0.5, 0.6) is 0 Å². The Balaban J connectivity index is 4.08. The fraction of sp³-hybridized carbons (Fsp3) is 1.00. The molecule has 0 fully saturated rings. The zero-order chi connectivity index (χ0) is 10.3. The van der Waals surface area contributed by atoms with Crippen LogP contribution in [0.4, 0.5) is 0 Å². The molecular weight excluding hydrogens is 190 g/mol. The minimum absolute atomic E-state index is 0.0247. The fourth-order valence-electron chi connectivity index (χ4n) is 1.11. The highest BCUT2D eigenvalue weighted by Gasteiger charge is 2.15. The summed E-state index contributed by atoms with van der Waals surface area (Å²) in [7, 11) is -2.94. The largest absolute Gasteiger partial charge is 0.396 e. The van der Waals surface area contributed by atoms with E-state index in [0.29, 0.717) is 6.42 Å². The van der Waals surface area contributed by atoms with Gasteiger partial charge in [-0.15, -0.1) is 0 Å². The van der Waals surface area contributed by atoms with Crippen LogP contribution in [0.25, 0.3) is 0 Å². The van der Waals surface area contributed by atoms with E-state index in [2.05, 4.69) is 5.32 Å². The van der Waals surface area contributed by atoms with Crippen molar-refractivity contribution < 1.29 is 13.5 Å². The first-order valence-electron chi connectivity index (χ1n) is 4.60. The molecule has 0 rings (SSSR count). The van der Waals surface area contributed by atoms with E-state index < -0.39 is 9.84 Å². The number of sulfone groups is 1. The lowest BCUT2D eigenvalue weighted by Crippen LogP contribution is -2.36. The fourth-order valence-corrected chi connectivity index (χ4v) is 2.25. The van der Waals surface area contributed by atoms with Crippen LogP contribution in [0.15, 0.2) is 0 Å². The molecule has 80 valence electrons. The molecule has 0 radical (unpaired) electrons. The number of nitrogens with one attached hydrogen (secondary N) is 1. The second-order valence-corrected chi connectivity index (χ2v) is 5.36. The Morgan fingerprint density at radius 1 is 1.38 bits per heavy atom. The number of aliphatic hydroxyl groups is 1. The molecule has 4 nitrogen and oxygen atoms in total. The van der Waals surface area contributed by atoms with Crippen molar-refractivity contribution in [3.05, 3.63) is 0 Å². The van der Waals surface area contributed by atoms with Crippen molar-refractivity contribution in [1.29, 1.82) is 0 Å². The van der Waals surface area contributed by atoms with Gasteiger partial charge in [0.1, 0.15) is 0 Å². The van der Waals surface area contributed by atoms with Gasteiger partial charge in [0.2, 0.25) is 0 Å². The van der Waals surface area contributed by atoms with Gasteiger partial charge in [0.05, 0.1) is 5.75 Å². The predicted molar refractivity (Wildman–Crippen MR) is 53.5 cm³/mol. The summed E-state index contributed by atoms with van der Waals surface area (Å²) >= 11 is 0. The smallest absolute Gasteiger partial charge is 0.151 e. The summed E-state index contributed by atoms with van der Waals surface area (Å²) in [6.07, 6.45) is 0.493. The first-order valence-corrected chi connectivity index (χ1v) is 6.42. The molecule has 1 unspecified atom stereocenters. The average Bonchev–Trinajstić information content (AvgIpc) is 2.05. The number of hydrogen-bond acceptors (Lipinski definition) is 4. The molecule has 13 heavy (non-hydrogen) atoms. The van der Waals surface area contributed by atoms with Gasteiger partial charge < -0.3 is 10.4 Å². The second-order valence-electron chi connectivity index (χ2n) is 2.97. The van der Waals surface area contributed by atoms with Crippen LogP contribution in [0.3, 0.4) is 0 Å². The summed E-state index contributed by atoms with van der Waals surface area (Å²) in [5.41, 5.74) is 0. The van der Waals surface area contributed by atoms with Gasteiger partial charge in [-0.25, -0.2) is 8.42 Å².